The molecule has 0 fully saturated rings. The van der Waals surface area contributed by atoms with Gasteiger partial charge in [0.05, 0.1) is 22.1 Å². The third-order valence-electron chi connectivity index (χ3n) is 12.0. The van der Waals surface area contributed by atoms with Gasteiger partial charge in [0.2, 0.25) is 0 Å². The lowest BCUT2D eigenvalue weighted by Gasteiger charge is -2.21. The van der Waals surface area contributed by atoms with E-state index in [2.05, 4.69) is 196 Å². The maximum atomic E-state index is 2.61. The van der Waals surface area contributed by atoms with Gasteiger partial charge in [-0.1, -0.05) is 121 Å². The lowest BCUT2D eigenvalue weighted by atomic mass is 9.95. The van der Waals surface area contributed by atoms with E-state index in [1.54, 1.807) is 0 Å². The molecule has 4 heterocycles. The highest BCUT2D eigenvalue weighted by Crippen LogP contribution is 2.50. The summed E-state index contributed by atoms with van der Waals surface area (Å²) in [5.41, 5.74) is 18.0. The summed E-state index contributed by atoms with van der Waals surface area (Å²) in [4.78, 5) is 2.61. The summed E-state index contributed by atoms with van der Waals surface area (Å²) in [6, 6.07) is 67.5. The first kappa shape index (κ1) is 29.7. The Labute approximate surface area is 313 Å². The molecule has 10 aromatic rings. The Kier molecular flexibility index (Phi) is 6.23. The second-order valence-electron chi connectivity index (χ2n) is 14.9. The highest BCUT2D eigenvalue weighted by molar-refractivity contribution is 6.28. The lowest BCUT2D eigenvalue weighted by Crippen LogP contribution is -2.22. The highest BCUT2D eigenvalue weighted by Gasteiger charge is 2.38. The van der Waals surface area contributed by atoms with Gasteiger partial charge in [-0.2, -0.15) is 0 Å². The van der Waals surface area contributed by atoms with Crippen molar-refractivity contribution < 1.29 is 0 Å². The number of hydrogen-bond acceptors (Lipinski definition) is 1. The molecular formula is C51H35N3. The average Bonchev–Trinajstić information content (AvgIpc) is 3.97. The summed E-state index contributed by atoms with van der Waals surface area (Å²) in [5.74, 6) is 0. The summed E-state index contributed by atoms with van der Waals surface area (Å²) < 4.78 is 4.94. The number of rotatable bonds is 4. The summed E-state index contributed by atoms with van der Waals surface area (Å²) in [7, 11) is 0. The lowest BCUT2D eigenvalue weighted by molar-refractivity contribution is 0.726. The smallest absolute Gasteiger partial charge is 0.0548 e. The Morgan fingerprint density at radius 1 is 0.389 bits per heavy atom. The zero-order chi connectivity index (χ0) is 35.3. The van der Waals surface area contributed by atoms with Gasteiger partial charge >= 0.3 is 0 Å². The molecule has 12 rings (SSSR count). The predicted octanol–water partition coefficient (Wildman–Crippen LogP) is 12.8. The summed E-state index contributed by atoms with van der Waals surface area (Å²) in [6.07, 6.45) is 2.11. The van der Waals surface area contributed by atoms with E-state index in [1.807, 2.05) is 0 Å². The van der Waals surface area contributed by atoms with Gasteiger partial charge in [-0.25, -0.2) is 0 Å². The first-order valence-electron chi connectivity index (χ1n) is 19.0. The van der Waals surface area contributed by atoms with Crippen molar-refractivity contribution in [3.05, 3.63) is 193 Å². The summed E-state index contributed by atoms with van der Waals surface area (Å²) >= 11 is 0. The minimum Gasteiger partial charge on any atom is -0.337 e. The van der Waals surface area contributed by atoms with Crippen LogP contribution in [0.25, 0.3) is 77.2 Å². The molecule has 0 amide bonds. The minimum atomic E-state index is 0.445. The van der Waals surface area contributed by atoms with Crippen molar-refractivity contribution in [2.75, 3.05) is 4.90 Å². The number of anilines is 2. The van der Waals surface area contributed by atoms with E-state index in [1.165, 1.54) is 99.7 Å². The molecule has 54 heavy (non-hydrogen) atoms. The maximum Gasteiger partial charge on any atom is 0.0548 e. The van der Waals surface area contributed by atoms with Crippen molar-refractivity contribution >= 4 is 55.0 Å². The van der Waals surface area contributed by atoms with Crippen molar-refractivity contribution in [3.8, 4) is 33.6 Å². The van der Waals surface area contributed by atoms with Crippen LogP contribution in [-0.4, -0.2) is 15.2 Å². The number of fused-ring (bicyclic) bond motifs is 12. The van der Waals surface area contributed by atoms with Crippen molar-refractivity contribution in [3.63, 3.8) is 0 Å². The van der Waals surface area contributed by atoms with Crippen molar-refractivity contribution in [1.82, 2.24) is 9.13 Å². The van der Waals surface area contributed by atoms with Crippen LogP contribution in [0.15, 0.2) is 182 Å². The quantitative estimate of drug-likeness (QED) is 0.179. The van der Waals surface area contributed by atoms with E-state index in [0.29, 0.717) is 6.04 Å². The number of nitrogens with zero attached hydrogens (tertiary/aromatic N) is 3. The van der Waals surface area contributed by atoms with Crippen LogP contribution < -0.4 is 4.90 Å². The topological polar surface area (TPSA) is 13.1 Å². The van der Waals surface area contributed by atoms with Crippen LogP contribution in [0.2, 0.25) is 0 Å². The van der Waals surface area contributed by atoms with Gasteiger partial charge in [0, 0.05) is 50.3 Å². The van der Waals surface area contributed by atoms with E-state index < -0.39 is 0 Å². The zero-order valence-corrected chi connectivity index (χ0v) is 29.7. The molecule has 2 aliphatic rings. The fraction of sp³-hybridized carbons (Fsp3) is 0.0588. The summed E-state index contributed by atoms with van der Waals surface area (Å²) in [5, 5.41) is 5.17. The highest BCUT2D eigenvalue weighted by atomic mass is 15.2. The van der Waals surface area contributed by atoms with Gasteiger partial charge in [0.1, 0.15) is 0 Å². The number of hydrogen-bond donors (Lipinski definition) is 0. The monoisotopic (exact) mass is 689 g/mol. The molecule has 2 aliphatic heterocycles. The van der Waals surface area contributed by atoms with Crippen molar-refractivity contribution in [2.24, 2.45) is 0 Å². The molecule has 0 aliphatic carbocycles. The van der Waals surface area contributed by atoms with Gasteiger partial charge < -0.3 is 14.0 Å². The Bertz CT molecular complexity index is 3100. The molecule has 2 aromatic heterocycles. The Balaban J connectivity index is 1.02. The van der Waals surface area contributed by atoms with E-state index in [-0.39, 0.29) is 0 Å². The molecule has 8 aromatic carbocycles. The Hall–Kier alpha value is -6.84. The SMILES string of the molecule is c1ccc(-c2ccc(-n3c4ccccc4c4c5c6ccccc6n(-c6ccc7c(c6)CC6Cc8c(-c9ccccc9)cccc8N76)c5ccc43)cc2)cc1. The molecule has 0 saturated heterocycles. The van der Waals surface area contributed by atoms with Crippen LogP contribution in [0.3, 0.4) is 0 Å². The molecule has 3 nitrogen and oxygen atoms in total. The van der Waals surface area contributed by atoms with Crippen molar-refractivity contribution in [2.45, 2.75) is 18.9 Å². The maximum absolute atomic E-state index is 2.61. The second-order valence-corrected chi connectivity index (χ2v) is 14.9. The van der Waals surface area contributed by atoms with E-state index in [0.717, 1.165) is 12.8 Å². The van der Waals surface area contributed by atoms with Gasteiger partial charge in [-0.15, -0.1) is 0 Å². The first-order valence-corrected chi connectivity index (χ1v) is 19.0. The molecule has 1 unspecified atom stereocenters. The fourth-order valence-electron chi connectivity index (χ4n) is 9.79. The molecule has 1 atom stereocenters. The van der Waals surface area contributed by atoms with E-state index in [4.69, 9.17) is 0 Å². The van der Waals surface area contributed by atoms with Crippen LogP contribution in [0.1, 0.15) is 11.1 Å². The third-order valence-corrected chi connectivity index (χ3v) is 12.0. The van der Waals surface area contributed by atoms with Crippen LogP contribution in [-0.2, 0) is 12.8 Å². The second kappa shape index (κ2) is 11.3. The molecule has 3 heteroatoms. The zero-order valence-electron chi connectivity index (χ0n) is 29.7. The molecule has 0 N–H and O–H groups in total. The fourth-order valence-corrected chi connectivity index (χ4v) is 9.79. The van der Waals surface area contributed by atoms with Crippen LogP contribution in [0, 0.1) is 0 Å². The van der Waals surface area contributed by atoms with Gasteiger partial charge in [0.15, 0.2) is 0 Å². The van der Waals surface area contributed by atoms with Gasteiger partial charge in [-0.05, 0) is 107 Å². The Morgan fingerprint density at radius 3 is 1.65 bits per heavy atom. The number of para-hydroxylation sites is 2. The molecule has 254 valence electrons. The number of benzene rings is 8. The molecule has 0 radical (unpaired) electrons. The number of aromatic nitrogens is 2. The van der Waals surface area contributed by atoms with Gasteiger partial charge in [-0.3, -0.25) is 0 Å². The predicted molar refractivity (Wildman–Crippen MR) is 226 cm³/mol. The Morgan fingerprint density at radius 2 is 0.963 bits per heavy atom. The summed E-state index contributed by atoms with van der Waals surface area (Å²) in [6.45, 7) is 0. The minimum absolute atomic E-state index is 0.445. The van der Waals surface area contributed by atoms with Crippen LogP contribution in [0.5, 0.6) is 0 Å². The van der Waals surface area contributed by atoms with Crippen LogP contribution in [0.4, 0.5) is 11.4 Å². The standard InChI is InChI=1S/C51H35N3/c1-3-12-33(13-4-1)34-22-24-37(25-23-34)52-45-19-9-7-16-41(45)50-48(52)28-29-49-51(50)42-17-8-10-20-46(42)53(49)38-26-27-44-36(30-38)31-39-32-43-40(35-14-5-2-6-15-35)18-11-21-47(43)54(39)44/h1-30,39H,31-32H2. The molecule has 0 bridgehead atoms. The molecule has 0 spiro atoms. The van der Waals surface area contributed by atoms with Crippen LogP contribution >= 0.6 is 0 Å². The molecule has 0 saturated carbocycles. The van der Waals surface area contributed by atoms with E-state index >= 15 is 0 Å². The molecular weight excluding hydrogens is 655 g/mol. The van der Waals surface area contributed by atoms with E-state index in [9.17, 15) is 0 Å². The normalized spacial score (nSPS) is 14.7. The van der Waals surface area contributed by atoms with Gasteiger partial charge in [0.25, 0.3) is 0 Å². The average molecular weight is 690 g/mol. The van der Waals surface area contributed by atoms with Crippen molar-refractivity contribution in [1.29, 1.82) is 0 Å². The first-order chi connectivity index (χ1) is 26.8. The third kappa shape index (κ3) is 4.18. The largest absolute Gasteiger partial charge is 0.337 e.